The average molecular weight is 593 g/mol. The molecule has 34 heavy (non-hydrogen) atoms. The maximum absolute atomic E-state index is 3.72. The summed E-state index contributed by atoms with van der Waals surface area (Å²) in [7, 11) is 0. The molecule has 1 radical (unpaired) electrons. The third-order valence-electron chi connectivity index (χ3n) is 5.95. The predicted octanol–water partition coefficient (Wildman–Crippen LogP) is 1.30. The first-order chi connectivity index (χ1) is 14.7. The van der Waals surface area contributed by atoms with Crippen molar-refractivity contribution in [1.29, 1.82) is 0 Å². The van der Waals surface area contributed by atoms with Crippen molar-refractivity contribution in [1.82, 2.24) is 5.32 Å². The van der Waals surface area contributed by atoms with Crippen LogP contribution in [0.15, 0.2) is 36.4 Å². The van der Waals surface area contributed by atoms with Crippen molar-refractivity contribution in [2.24, 2.45) is 0 Å². The molecule has 2 aromatic carbocycles. The van der Waals surface area contributed by atoms with Crippen LogP contribution in [0.4, 0.5) is 11.4 Å². The largest absolute Gasteiger partial charge is 1.00 e. The molecule has 0 fully saturated rings. The second kappa shape index (κ2) is 17.6. The number of hydrogen-bond donors (Lipinski definition) is 3. The van der Waals surface area contributed by atoms with Crippen molar-refractivity contribution in [2.45, 2.75) is 79.1 Å². The van der Waals surface area contributed by atoms with Gasteiger partial charge in [0.05, 0.1) is 0 Å². The molecule has 3 nitrogen and oxygen atoms in total. The maximum Gasteiger partial charge on any atom is 0.0410 e. The molecule has 6 heteroatoms. The van der Waals surface area contributed by atoms with E-state index in [0.29, 0.717) is 23.7 Å². The van der Waals surface area contributed by atoms with Crippen LogP contribution >= 0.6 is 0 Å². The Balaban J connectivity index is 0. The number of hydrogen-bond acceptors (Lipinski definition) is 3. The van der Waals surface area contributed by atoms with Gasteiger partial charge < -0.3 is 40.8 Å². The van der Waals surface area contributed by atoms with Gasteiger partial charge in [-0.3, -0.25) is 0 Å². The molecule has 195 valence electrons. The van der Waals surface area contributed by atoms with Gasteiger partial charge in [-0.25, -0.2) is 0 Å². The van der Waals surface area contributed by atoms with E-state index in [1.165, 1.54) is 33.6 Å². The smallest absolute Gasteiger partial charge is 0.0410 e. The van der Waals surface area contributed by atoms with Crippen LogP contribution in [0.25, 0.3) is 0 Å². The van der Waals surface area contributed by atoms with Crippen LogP contribution in [0.3, 0.4) is 0 Å². The first-order valence-corrected chi connectivity index (χ1v) is 12.2. The summed E-state index contributed by atoms with van der Waals surface area (Å²) >= 11 is 0. The van der Waals surface area contributed by atoms with Gasteiger partial charge in [-0.2, -0.15) is 0 Å². The molecule has 0 saturated heterocycles. The Kier molecular flexibility index (Phi) is 18.3. The fourth-order valence-electron chi connectivity index (χ4n) is 4.19. The van der Waals surface area contributed by atoms with Crippen LogP contribution in [0.2, 0.25) is 0 Å². The third-order valence-corrected chi connectivity index (χ3v) is 5.95. The van der Waals surface area contributed by atoms with Gasteiger partial charge in [0.1, 0.15) is 0 Å². The minimum atomic E-state index is 0. The zero-order valence-corrected chi connectivity index (χ0v) is 25.6. The molecule has 0 spiro atoms. The molecule has 0 bridgehead atoms. The minimum Gasteiger partial charge on any atom is -1.00 e. The Labute approximate surface area is 235 Å². The van der Waals surface area contributed by atoms with Crippen molar-refractivity contribution in [3.05, 3.63) is 58.7 Å². The summed E-state index contributed by atoms with van der Waals surface area (Å²) in [6, 6.07) is 13.4. The SMILES string of the molecule is CC(C)c1cccc(C(C)C)c1NCCNCCNc1c(C(C)C)cccc1C(C)C.[Cl-].[Cl-].[Tc]. The quantitative estimate of drug-likeness (QED) is 0.326. The number of rotatable bonds is 12. The first-order valence-electron chi connectivity index (χ1n) is 12.2. The van der Waals surface area contributed by atoms with E-state index in [-0.39, 0.29) is 44.9 Å². The summed E-state index contributed by atoms with van der Waals surface area (Å²) in [5.41, 5.74) is 8.33. The average Bonchev–Trinajstić information content (AvgIpc) is 2.72. The van der Waals surface area contributed by atoms with E-state index in [1.54, 1.807) is 0 Å². The molecule has 0 amide bonds. The van der Waals surface area contributed by atoms with Crippen LogP contribution in [-0.4, -0.2) is 26.2 Å². The van der Waals surface area contributed by atoms with Crippen LogP contribution in [0.1, 0.15) is 101 Å². The summed E-state index contributed by atoms with van der Waals surface area (Å²) in [6.07, 6.45) is 0. The van der Waals surface area contributed by atoms with Crippen molar-refractivity contribution in [3.8, 4) is 0 Å². The minimum absolute atomic E-state index is 0. The van der Waals surface area contributed by atoms with E-state index in [4.69, 9.17) is 0 Å². The molecule has 0 aliphatic carbocycles. The molecule has 0 unspecified atom stereocenters. The number of halogens is 2. The number of para-hydroxylation sites is 2. The molecule has 0 atom stereocenters. The van der Waals surface area contributed by atoms with Gasteiger partial charge in [0.2, 0.25) is 0 Å². The number of anilines is 2. The molecule has 0 aliphatic heterocycles. The van der Waals surface area contributed by atoms with E-state index in [1.807, 2.05) is 0 Å². The molecular weight excluding hydrogens is 547 g/mol. The molecular formula is C28H45Cl2N3Tc-2. The fraction of sp³-hybridized carbons (Fsp3) is 0.571. The van der Waals surface area contributed by atoms with Crippen molar-refractivity contribution >= 4 is 11.4 Å². The van der Waals surface area contributed by atoms with Gasteiger partial charge >= 0.3 is 0 Å². The standard InChI is InChI=1S/C28H45N3.2ClH.Tc/c1-19(2)23-11-9-12-24(20(3)4)27(23)30-17-15-29-16-18-31-28-25(21(5)6)13-10-14-26(28)22(7)8;;;/h9-14,19-22,29-31H,15-18H2,1-8H3;2*1H;/p-2. The third kappa shape index (κ3) is 10.1. The number of benzene rings is 2. The number of nitrogens with one attached hydrogen (secondary N) is 3. The summed E-state index contributed by atoms with van der Waals surface area (Å²) in [4.78, 5) is 0. The van der Waals surface area contributed by atoms with Crippen LogP contribution in [0, 0.1) is 0 Å². The van der Waals surface area contributed by atoms with Crippen LogP contribution < -0.4 is 40.8 Å². The summed E-state index contributed by atoms with van der Waals surface area (Å²) in [5, 5.41) is 11.0. The Bertz CT molecular complexity index is 703. The second-order valence-corrected chi connectivity index (χ2v) is 9.85. The van der Waals surface area contributed by atoms with Gasteiger partial charge in [-0.05, 0) is 45.9 Å². The molecule has 2 aromatic rings. The molecule has 0 aromatic heterocycles. The van der Waals surface area contributed by atoms with E-state index in [0.717, 1.165) is 26.2 Å². The summed E-state index contributed by atoms with van der Waals surface area (Å²) in [5.74, 6) is 2.09. The zero-order valence-electron chi connectivity index (χ0n) is 22.2. The van der Waals surface area contributed by atoms with E-state index < -0.39 is 0 Å². The van der Waals surface area contributed by atoms with Crippen molar-refractivity contribution < 1.29 is 44.9 Å². The fourth-order valence-corrected chi connectivity index (χ4v) is 4.19. The monoisotopic (exact) mass is 590 g/mol. The Morgan fingerprint density at radius 2 is 0.765 bits per heavy atom. The van der Waals surface area contributed by atoms with Gasteiger partial charge in [0.15, 0.2) is 0 Å². The van der Waals surface area contributed by atoms with Gasteiger partial charge in [0.25, 0.3) is 0 Å². The van der Waals surface area contributed by atoms with Crippen molar-refractivity contribution in [2.75, 3.05) is 36.8 Å². The molecule has 0 aliphatic rings. The van der Waals surface area contributed by atoms with E-state index in [2.05, 4.69) is 108 Å². The van der Waals surface area contributed by atoms with Crippen molar-refractivity contribution in [3.63, 3.8) is 0 Å². The predicted molar refractivity (Wildman–Crippen MR) is 139 cm³/mol. The topological polar surface area (TPSA) is 36.1 Å². The molecule has 0 saturated carbocycles. The maximum atomic E-state index is 3.72. The Morgan fingerprint density at radius 3 is 1.00 bits per heavy atom. The second-order valence-electron chi connectivity index (χ2n) is 9.85. The normalized spacial score (nSPS) is 10.7. The Hall–Kier alpha value is -0.771. The molecule has 2 rings (SSSR count). The molecule has 0 heterocycles. The first kappa shape index (κ1) is 35.4. The van der Waals surface area contributed by atoms with E-state index in [9.17, 15) is 0 Å². The van der Waals surface area contributed by atoms with Gasteiger partial charge in [0, 0.05) is 57.7 Å². The summed E-state index contributed by atoms with van der Waals surface area (Å²) in [6.45, 7) is 22.0. The molecule has 3 N–H and O–H groups in total. The van der Waals surface area contributed by atoms with E-state index >= 15 is 0 Å². The van der Waals surface area contributed by atoms with Crippen LogP contribution in [-0.2, 0) is 20.1 Å². The Morgan fingerprint density at radius 1 is 0.500 bits per heavy atom. The van der Waals surface area contributed by atoms with Gasteiger partial charge in [-0.15, -0.1) is 0 Å². The zero-order chi connectivity index (χ0) is 23.0. The van der Waals surface area contributed by atoms with Crippen LogP contribution in [0.5, 0.6) is 0 Å². The summed E-state index contributed by atoms with van der Waals surface area (Å²) < 4.78 is 0. The van der Waals surface area contributed by atoms with Gasteiger partial charge in [-0.1, -0.05) is 91.8 Å².